The van der Waals surface area contributed by atoms with Gasteiger partial charge in [-0.2, -0.15) is 0 Å². The van der Waals surface area contributed by atoms with Crippen LogP contribution in [0.4, 0.5) is 5.69 Å². The molecule has 0 radical (unpaired) electrons. The topological polar surface area (TPSA) is 123 Å². The average molecular weight is 463 g/mol. The fraction of sp³-hybridized carbons (Fsp3) is 0.240. The molecule has 3 N–H and O–H groups in total. The smallest absolute Gasteiger partial charge is 0.333 e. The molecule has 0 saturated heterocycles. The first-order valence-electron chi connectivity index (χ1n) is 11.0. The third-order valence-electron chi connectivity index (χ3n) is 5.55. The van der Waals surface area contributed by atoms with Gasteiger partial charge in [-0.1, -0.05) is 18.6 Å². The number of anilines is 1. The van der Waals surface area contributed by atoms with Crippen LogP contribution in [0, 0.1) is 0 Å². The molecule has 0 saturated carbocycles. The second-order valence-corrected chi connectivity index (χ2v) is 8.03. The maximum absolute atomic E-state index is 13.1. The van der Waals surface area contributed by atoms with Gasteiger partial charge in [0.1, 0.15) is 0 Å². The highest BCUT2D eigenvalue weighted by molar-refractivity contribution is 5.97. The number of hydrogen-bond acceptors (Lipinski definition) is 6. The van der Waals surface area contributed by atoms with Gasteiger partial charge >= 0.3 is 5.97 Å². The van der Waals surface area contributed by atoms with Gasteiger partial charge in [0.15, 0.2) is 5.43 Å². The molecule has 0 atom stereocenters. The van der Waals surface area contributed by atoms with Gasteiger partial charge in [-0.15, -0.1) is 4.73 Å². The van der Waals surface area contributed by atoms with Gasteiger partial charge in [-0.3, -0.25) is 9.59 Å². The standard InChI is InChI=1S/C25H25N3O6/c1-16(29)26-17-10-11-21-19(15-17)25(33)18-7-4-5-8-20(18)27(21)14-6-2-3-9-24(32)34-28-22(30)12-13-23(28)31/h4-5,7-8,10-13,15,30-31H,2-3,6,9,14H2,1H3,(H,26,29). The van der Waals surface area contributed by atoms with Gasteiger partial charge in [0, 0.05) is 48.5 Å². The molecule has 0 spiro atoms. The summed E-state index contributed by atoms with van der Waals surface area (Å²) in [5, 5.41) is 22.9. The Morgan fingerprint density at radius 1 is 0.912 bits per heavy atom. The number of fused-ring (bicyclic) bond motifs is 2. The lowest BCUT2D eigenvalue weighted by Gasteiger charge is -2.16. The number of para-hydroxylation sites is 1. The van der Waals surface area contributed by atoms with E-state index in [9.17, 15) is 24.6 Å². The second-order valence-electron chi connectivity index (χ2n) is 8.03. The number of unbranched alkanes of at least 4 members (excludes halogenated alkanes) is 2. The van der Waals surface area contributed by atoms with Crippen LogP contribution < -0.4 is 15.6 Å². The van der Waals surface area contributed by atoms with Crippen molar-refractivity contribution >= 4 is 39.4 Å². The molecule has 0 unspecified atom stereocenters. The highest BCUT2D eigenvalue weighted by atomic mass is 16.7. The minimum atomic E-state index is -0.563. The van der Waals surface area contributed by atoms with Crippen molar-refractivity contribution in [1.29, 1.82) is 0 Å². The molecule has 0 bridgehead atoms. The van der Waals surface area contributed by atoms with Crippen molar-refractivity contribution in [3.05, 3.63) is 64.8 Å². The maximum Gasteiger partial charge on any atom is 0.333 e. The van der Waals surface area contributed by atoms with Crippen LogP contribution in [0.3, 0.4) is 0 Å². The SMILES string of the molecule is CC(=O)Nc1ccc2c(c1)c(=O)c1ccccc1n2CCCCCC(=O)On1c(O)ccc1O. The third-order valence-corrected chi connectivity index (χ3v) is 5.55. The molecule has 2 aromatic heterocycles. The molecule has 2 heterocycles. The highest BCUT2D eigenvalue weighted by Gasteiger charge is 2.13. The average Bonchev–Trinajstić information content (AvgIpc) is 3.12. The molecule has 4 aromatic rings. The van der Waals surface area contributed by atoms with E-state index in [1.807, 2.05) is 24.3 Å². The number of amides is 1. The predicted octanol–water partition coefficient (Wildman–Crippen LogP) is 3.54. The molecule has 0 fully saturated rings. The molecule has 1 amide bonds. The number of aromatic hydroxyl groups is 2. The normalized spacial score (nSPS) is 11.1. The summed E-state index contributed by atoms with van der Waals surface area (Å²) in [7, 11) is 0. The van der Waals surface area contributed by atoms with Crippen molar-refractivity contribution in [2.24, 2.45) is 0 Å². The zero-order valence-electron chi connectivity index (χ0n) is 18.7. The van der Waals surface area contributed by atoms with Gasteiger partial charge < -0.3 is 24.9 Å². The van der Waals surface area contributed by atoms with Crippen LogP contribution in [-0.4, -0.2) is 31.4 Å². The molecular weight excluding hydrogens is 438 g/mol. The molecule has 0 aliphatic carbocycles. The zero-order chi connectivity index (χ0) is 24.2. The van der Waals surface area contributed by atoms with Crippen LogP contribution in [-0.2, 0) is 16.1 Å². The van der Waals surface area contributed by atoms with Crippen LogP contribution in [0.15, 0.2) is 59.4 Å². The fourth-order valence-corrected chi connectivity index (χ4v) is 4.01. The molecule has 176 valence electrons. The number of benzene rings is 2. The van der Waals surface area contributed by atoms with Crippen molar-refractivity contribution in [1.82, 2.24) is 9.30 Å². The quantitative estimate of drug-likeness (QED) is 0.271. The number of carbonyl (C=O) groups excluding carboxylic acids is 2. The van der Waals surface area contributed by atoms with Crippen molar-refractivity contribution in [3.63, 3.8) is 0 Å². The van der Waals surface area contributed by atoms with E-state index in [1.165, 1.54) is 19.1 Å². The number of hydrogen-bond donors (Lipinski definition) is 3. The summed E-state index contributed by atoms with van der Waals surface area (Å²) in [6.07, 6.45) is 2.17. The Morgan fingerprint density at radius 2 is 1.62 bits per heavy atom. The van der Waals surface area contributed by atoms with Crippen molar-refractivity contribution in [2.45, 2.75) is 39.2 Å². The Balaban J connectivity index is 1.47. The van der Waals surface area contributed by atoms with Crippen molar-refractivity contribution in [3.8, 4) is 11.8 Å². The number of carbonyl (C=O) groups is 2. The highest BCUT2D eigenvalue weighted by Crippen LogP contribution is 2.23. The molecular formula is C25H25N3O6. The second kappa shape index (κ2) is 9.70. The summed E-state index contributed by atoms with van der Waals surface area (Å²) in [5.74, 6) is -1.48. The summed E-state index contributed by atoms with van der Waals surface area (Å²) in [6.45, 7) is 2.05. The van der Waals surface area contributed by atoms with Crippen molar-refractivity contribution in [2.75, 3.05) is 5.32 Å². The number of aryl methyl sites for hydroxylation is 1. The molecule has 9 heteroatoms. The molecule has 34 heavy (non-hydrogen) atoms. The van der Waals surface area contributed by atoms with E-state index in [1.54, 1.807) is 18.2 Å². The Labute approximate surface area is 194 Å². The molecule has 4 rings (SSSR count). The summed E-state index contributed by atoms with van der Waals surface area (Å²) in [6, 6.07) is 15.2. The molecule has 2 aromatic carbocycles. The van der Waals surface area contributed by atoms with E-state index >= 15 is 0 Å². The van der Waals surface area contributed by atoms with Gasteiger partial charge in [-0.25, -0.2) is 4.79 Å². The lowest BCUT2D eigenvalue weighted by molar-refractivity contribution is -0.145. The Hall–Kier alpha value is -4.27. The van der Waals surface area contributed by atoms with Gasteiger partial charge in [0.05, 0.1) is 11.0 Å². The monoisotopic (exact) mass is 463 g/mol. The van der Waals surface area contributed by atoms with Crippen LogP contribution in [0.25, 0.3) is 21.8 Å². The first kappa shape index (κ1) is 22.9. The van der Waals surface area contributed by atoms with E-state index in [-0.39, 0.29) is 29.5 Å². The summed E-state index contributed by atoms with van der Waals surface area (Å²) >= 11 is 0. The largest absolute Gasteiger partial charge is 0.492 e. The van der Waals surface area contributed by atoms with Crippen LogP contribution in [0.5, 0.6) is 11.8 Å². The number of aromatic nitrogens is 2. The van der Waals surface area contributed by atoms with E-state index in [4.69, 9.17) is 4.84 Å². The van der Waals surface area contributed by atoms with E-state index < -0.39 is 5.97 Å². The van der Waals surface area contributed by atoms with E-state index in [2.05, 4.69) is 9.88 Å². The predicted molar refractivity (Wildman–Crippen MR) is 128 cm³/mol. The molecule has 0 aliphatic rings. The Bertz CT molecular complexity index is 1420. The minimum absolute atomic E-state index is 0.0895. The fourth-order valence-electron chi connectivity index (χ4n) is 4.01. The van der Waals surface area contributed by atoms with Gasteiger partial charge in [-0.05, 0) is 43.2 Å². The lowest BCUT2D eigenvalue weighted by Crippen LogP contribution is -2.18. The minimum Gasteiger partial charge on any atom is -0.492 e. The van der Waals surface area contributed by atoms with Gasteiger partial charge in [0.2, 0.25) is 17.7 Å². The van der Waals surface area contributed by atoms with Crippen LogP contribution in [0.1, 0.15) is 32.6 Å². The van der Waals surface area contributed by atoms with Gasteiger partial charge in [0.25, 0.3) is 0 Å². The Kier molecular flexibility index (Phi) is 6.53. The Morgan fingerprint density at radius 3 is 2.35 bits per heavy atom. The molecule has 9 nitrogen and oxygen atoms in total. The number of pyridine rings is 1. The number of nitrogens with one attached hydrogen (secondary N) is 1. The van der Waals surface area contributed by atoms with Crippen molar-refractivity contribution < 1.29 is 24.6 Å². The zero-order valence-corrected chi connectivity index (χ0v) is 18.7. The molecule has 0 aliphatic heterocycles. The van der Waals surface area contributed by atoms with Crippen LogP contribution in [0.2, 0.25) is 0 Å². The summed E-state index contributed by atoms with van der Waals surface area (Å²) in [5.41, 5.74) is 2.08. The maximum atomic E-state index is 13.1. The van der Waals surface area contributed by atoms with E-state index in [0.717, 1.165) is 23.9 Å². The van der Waals surface area contributed by atoms with E-state index in [0.29, 0.717) is 34.2 Å². The summed E-state index contributed by atoms with van der Waals surface area (Å²) in [4.78, 5) is 41.5. The number of nitrogens with zero attached hydrogens (tertiary/aromatic N) is 2. The first-order chi connectivity index (χ1) is 16.3. The summed E-state index contributed by atoms with van der Waals surface area (Å²) < 4.78 is 2.76. The lowest BCUT2D eigenvalue weighted by atomic mass is 10.1. The number of rotatable bonds is 8. The first-order valence-corrected chi connectivity index (χ1v) is 11.0. The van der Waals surface area contributed by atoms with Crippen LogP contribution >= 0.6 is 0 Å². The third kappa shape index (κ3) is 4.73.